The van der Waals surface area contributed by atoms with Gasteiger partial charge in [0.25, 0.3) is 11.8 Å². The molecule has 0 aliphatic carbocycles. The lowest BCUT2D eigenvalue weighted by Crippen LogP contribution is -2.29. The average Bonchev–Trinajstić information content (AvgIpc) is 2.71. The molecule has 1 aromatic heterocycles. The van der Waals surface area contributed by atoms with Gasteiger partial charge in [0, 0.05) is 18.3 Å². The van der Waals surface area contributed by atoms with Crippen molar-refractivity contribution in [2.24, 2.45) is 0 Å². The molecule has 1 aromatic carbocycles. The van der Waals surface area contributed by atoms with Crippen LogP contribution < -0.4 is 20.1 Å². The van der Waals surface area contributed by atoms with Crippen molar-refractivity contribution in [1.82, 2.24) is 15.6 Å². The maximum absolute atomic E-state index is 12.2. The van der Waals surface area contributed by atoms with Crippen LogP contribution >= 0.6 is 0 Å². The zero-order valence-corrected chi connectivity index (χ0v) is 15.7. The monoisotopic (exact) mass is 371 g/mol. The molecule has 0 unspecified atom stereocenters. The minimum atomic E-state index is -0.350. The summed E-state index contributed by atoms with van der Waals surface area (Å²) in [5.41, 5.74) is 0.614. The third-order valence-electron chi connectivity index (χ3n) is 3.79. The average molecular weight is 371 g/mol. The highest BCUT2D eigenvalue weighted by Crippen LogP contribution is 2.16. The number of hydrogen-bond acceptors (Lipinski definition) is 5. The number of unbranched alkanes of at least 4 members (excludes halogenated alkanes) is 1. The van der Waals surface area contributed by atoms with Crippen molar-refractivity contribution in [3.8, 4) is 11.5 Å². The molecule has 0 saturated heterocycles. The molecule has 0 fully saturated rings. The van der Waals surface area contributed by atoms with E-state index in [0.29, 0.717) is 31.0 Å². The molecule has 0 aliphatic rings. The molecule has 7 nitrogen and oxygen atoms in total. The van der Waals surface area contributed by atoms with E-state index < -0.39 is 0 Å². The number of ether oxygens (including phenoxy) is 2. The standard InChI is InChI=1S/C20H25N3O4/c1-3-4-10-22-19(24)15-9-11-21-18(14-15)20(25)23-12-13-27-17-7-5-16(26-2)6-8-17/h5-9,11,14H,3-4,10,12-13H2,1-2H3,(H,22,24)(H,23,25). The lowest BCUT2D eigenvalue weighted by molar-refractivity contribution is 0.0942. The summed E-state index contributed by atoms with van der Waals surface area (Å²) < 4.78 is 10.6. The number of carbonyl (C=O) groups excluding carboxylic acids is 2. The number of aromatic nitrogens is 1. The first-order valence-corrected chi connectivity index (χ1v) is 8.93. The molecule has 144 valence electrons. The fraction of sp³-hybridized carbons (Fsp3) is 0.350. The van der Waals surface area contributed by atoms with Gasteiger partial charge in [-0.2, -0.15) is 0 Å². The molecule has 27 heavy (non-hydrogen) atoms. The van der Waals surface area contributed by atoms with Crippen molar-refractivity contribution in [3.05, 3.63) is 53.9 Å². The summed E-state index contributed by atoms with van der Waals surface area (Å²) in [5.74, 6) is 0.883. The van der Waals surface area contributed by atoms with E-state index in [9.17, 15) is 9.59 Å². The SMILES string of the molecule is CCCCNC(=O)c1ccnc(C(=O)NCCOc2ccc(OC)cc2)c1. The van der Waals surface area contributed by atoms with Gasteiger partial charge in [0.2, 0.25) is 0 Å². The van der Waals surface area contributed by atoms with E-state index in [4.69, 9.17) is 9.47 Å². The molecule has 1 heterocycles. The van der Waals surface area contributed by atoms with Gasteiger partial charge in [-0.3, -0.25) is 14.6 Å². The number of nitrogens with zero attached hydrogens (tertiary/aromatic N) is 1. The zero-order chi connectivity index (χ0) is 19.5. The largest absolute Gasteiger partial charge is 0.497 e. The molecule has 0 radical (unpaired) electrons. The number of amides is 2. The first-order valence-electron chi connectivity index (χ1n) is 8.93. The van der Waals surface area contributed by atoms with E-state index in [1.165, 1.54) is 12.3 Å². The minimum absolute atomic E-state index is 0.197. The van der Waals surface area contributed by atoms with Crippen molar-refractivity contribution in [2.45, 2.75) is 19.8 Å². The number of nitrogens with one attached hydrogen (secondary N) is 2. The minimum Gasteiger partial charge on any atom is -0.497 e. The summed E-state index contributed by atoms with van der Waals surface area (Å²) in [6, 6.07) is 10.3. The molecule has 0 spiro atoms. The molecule has 2 rings (SSSR count). The van der Waals surface area contributed by atoms with Crippen molar-refractivity contribution < 1.29 is 19.1 Å². The highest BCUT2D eigenvalue weighted by molar-refractivity contribution is 5.98. The highest BCUT2D eigenvalue weighted by Gasteiger charge is 2.11. The van der Waals surface area contributed by atoms with Crippen LogP contribution in [0.1, 0.15) is 40.6 Å². The first-order chi connectivity index (χ1) is 13.1. The number of methoxy groups -OCH3 is 1. The van der Waals surface area contributed by atoms with Crippen LogP contribution in [0.3, 0.4) is 0 Å². The van der Waals surface area contributed by atoms with Crippen LogP contribution in [0, 0.1) is 0 Å². The van der Waals surface area contributed by atoms with E-state index in [0.717, 1.165) is 18.6 Å². The molecule has 0 atom stereocenters. The second kappa shape index (κ2) is 10.8. The third-order valence-corrected chi connectivity index (χ3v) is 3.79. The number of benzene rings is 1. The van der Waals surface area contributed by atoms with Gasteiger partial charge >= 0.3 is 0 Å². The lowest BCUT2D eigenvalue weighted by Gasteiger charge is -2.09. The van der Waals surface area contributed by atoms with Gasteiger partial charge in [-0.25, -0.2) is 0 Å². The molecule has 2 aromatic rings. The predicted octanol–water partition coefficient (Wildman–Crippen LogP) is 2.43. The van der Waals surface area contributed by atoms with Crippen LogP contribution in [0.5, 0.6) is 11.5 Å². The molecule has 0 aliphatic heterocycles. The molecular weight excluding hydrogens is 346 g/mol. The van der Waals surface area contributed by atoms with Gasteiger partial charge < -0.3 is 20.1 Å². The van der Waals surface area contributed by atoms with E-state index in [1.807, 2.05) is 0 Å². The maximum Gasteiger partial charge on any atom is 0.270 e. The third kappa shape index (κ3) is 6.62. The molecule has 0 bridgehead atoms. The van der Waals surface area contributed by atoms with Crippen LogP contribution in [0.25, 0.3) is 0 Å². The normalized spacial score (nSPS) is 10.1. The Morgan fingerprint density at radius 1 is 1.00 bits per heavy atom. The van der Waals surface area contributed by atoms with Crippen LogP contribution in [0.15, 0.2) is 42.6 Å². The summed E-state index contributed by atoms with van der Waals surface area (Å²) >= 11 is 0. The van der Waals surface area contributed by atoms with E-state index in [1.54, 1.807) is 37.4 Å². The van der Waals surface area contributed by atoms with Crippen molar-refractivity contribution in [2.75, 3.05) is 26.8 Å². The van der Waals surface area contributed by atoms with Gasteiger partial charge in [0.1, 0.15) is 23.8 Å². The van der Waals surface area contributed by atoms with Crippen molar-refractivity contribution in [1.29, 1.82) is 0 Å². The van der Waals surface area contributed by atoms with Gasteiger partial charge in [-0.15, -0.1) is 0 Å². The Bertz CT molecular complexity index is 747. The van der Waals surface area contributed by atoms with Gasteiger partial charge in [-0.1, -0.05) is 13.3 Å². The topological polar surface area (TPSA) is 89.6 Å². The van der Waals surface area contributed by atoms with Crippen LogP contribution in [0.2, 0.25) is 0 Å². The quantitative estimate of drug-likeness (QED) is 0.626. The zero-order valence-electron chi connectivity index (χ0n) is 15.7. The molecule has 2 amide bonds. The number of hydrogen-bond donors (Lipinski definition) is 2. The molecule has 2 N–H and O–H groups in total. The first kappa shape index (κ1) is 20.2. The number of carbonyl (C=O) groups is 2. The Balaban J connectivity index is 1.79. The molecule has 0 saturated carbocycles. The summed E-state index contributed by atoms with van der Waals surface area (Å²) in [6.45, 7) is 3.30. The number of rotatable bonds is 10. The number of pyridine rings is 1. The Labute approximate surface area is 159 Å². The fourth-order valence-electron chi connectivity index (χ4n) is 2.27. The predicted molar refractivity (Wildman–Crippen MR) is 102 cm³/mol. The van der Waals surface area contributed by atoms with Crippen LogP contribution in [-0.4, -0.2) is 43.6 Å². The fourth-order valence-corrected chi connectivity index (χ4v) is 2.27. The van der Waals surface area contributed by atoms with Crippen LogP contribution in [0.4, 0.5) is 0 Å². The maximum atomic E-state index is 12.2. The van der Waals surface area contributed by atoms with Gasteiger partial charge in [0.15, 0.2) is 0 Å². The summed E-state index contributed by atoms with van der Waals surface area (Å²) in [5, 5.41) is 5.54. The second-order valence-electron chi connectivity index (χ2n) is 5.82. The Hall–Kier alpha value is -3.09. The summed E-state index contributed by atoms with van der Waals surface area (Å²) in [6.07, 6.45) is 3.37. The van der Waals surface area contributed by atoms with Crippen molar-refractivity contribution >= 4 is 11.8 Å². The Morgan fingerprint density at radius 2 is 1.70 bits per heavy atom. The Kier molecular flexibility index (Phi) is 8.09. The van der Waals surface area contributed by atoms with Crippen molar-refractivity contribution in [3.63, 3.8) is 0 Å². The van der Waals surface area contributed by atoms with Gasteiger partial charge in [0.05, 0.1) is 13.7 Å². The van der Waals surface area contributed by atoms with E-state index >= 15 is 0 Å². The second-order valence-corrected chi connectivity index (χ2v) is 5.82. The van der Waals surface area contributed by atoms with Gasteiger partial charge in [-0.05, 0) is 42.8 Å². The summed E-state index contributed by atoms with van der Waals surface area (Å²) in [7, 11) is 1.60. The molecule has 7 heteroatoms. The highest BCUT2D eigenvalue weighted by atomic mass is 16.5. The smallest absolute Gasteiger partial charge is 0.270 e. The van der Waals surface area contributed by atoms with E-state index in [-0.39, 0.29) is 17.5 Å². The van der Waals surface area contributed by atoms with Crippen LogP contribution in [-0.2, 0) is 0 Å². The lowest BCUT2D eigenvalue weighted by atomic mass is 10.2. The molecular formula is C20H25N3O4. The Morgan fingerprint density at radius 3 is 2.41 bits per heavy atom. The van der Waals surface area contributed by atoms with E-state index in [2.05, 4.69) is 22.5 Å². The summed E-state index contributed by atoms with van der Waals surface area (Å²) in [4.78, 5) is 28.3.